The highest BCUT2D eigenvalue weighted by Gasteiger charge is 2.50. The first-order chi connectivity index (χ1) is 10.6. The molecule has 1 aliphatic carbocycles. The molecule has 5 heteroatoms. The minimum absolute atomic E-state index is 0.0245. The molecule has 118 valence electrons. The highest BCUT2D eigenvalue weighted by molar-refractivity contribution is 5.89. The number of methoxy groups -OCH3 is 1. The van der Waals surface area contributed by atoms with Crippen molar-refractivity contribution in [3.8, 4) is 5.75 Å². The van der Waals surface area contributed by atoms with Crippen molar-refractivity contribution >= 4 is 11.9 Å². The number of nitrogens with zero attached hydrogens (tertiary/aromatic N) is 1. The fraction of sp³-hybridized carbons (Fsp3) is 0.529. The number of aliphatic carboxylic acids is 1. The van der Waals surface area contributed by atoms with Crippen LogP contribution >= 0.6 is 0 Å². The molecule has 1 N–H and O–H groups in total. The Hall–Kier alpha value is -2.04. The standard InChI is InChI=1S/C17H21NO4/c1-22-13-4-2-3-12(9-13)11-5-7-18(8-6-11)16(19)14-10-15(14)17(20)21/h2-4,9,11,14-15H,5-8,10H2,1H3,(H,20,21)/t14-,15+/m0/s1. The van der Waals surface area contributed by atoms with Gasteiger partial charge in [-0.25, -0.2) is 0 Å². The number of likely N-dealkylation sites (tertiary alicyclic amines) is 1. The second kappa shape index (κ2) is 5.99. The third-order valence-electron chi connectivity index (χ3n) is 4.80. The van der Waals surface area contributed by atoms with Gasteiger partial charge in [0.2, 0.25) is 5.91 Å². The Morgan fingerprint density at radius 2 is 1.95 bits per heavy atom. The van der Waals surface area contributed by atoms with Crippen molar-refractivity contribution in [2.75, 3.05) is 20.2 Å². The number of hydrogen-bond donors (Lipinski definition) is 1. The van der Waals surface area contributed by atoms with Gasteiger partial charge in [0.1, 0.15) is 5.75 Å². The van der Waals surface area contributed by atoms with Crippen LogP contribution in [0.2, 0.25) is 0 Å². The topological polar surface area (TPSA) is 66.8 Å². The Kier molecular flexibility index (Phi) is 4.05. The predicted molar refractivity (Wildman–Crippen MR) is 80.8 cm³/mol. The number of benzene rings is 1. The number of carboxylic acids is 1. The maximum Gasteiger partial charge on any atom is 0.307 e. The number of hydrogen-bond acceptors (Lipinski definition) is 3. The highest BCUT2D eigenvalue weighted by atomic mass is 16.5. The van der Waals surface area contributed by atoms with E-state index in [0.29, 0.717) is 25.4 Å². The van der Waals surface area contributed by atoms with E-state index in [9.17, 15) is 9.59 Å². The van der Waals surface area contributed by atoms with Crippen LogP contribution in [0.1, 0.15) is 30.7 Å². The van der Waals surface area contributed by atoms with Crippen LogP contribution in [0.15, 0.2) is 24.3 Å². The van der Waals surface area contributed by atoms with Gasteiger partial charge in [0.15, 0.2) is 0 Å². The number of piperidine rings is 1. The SMILES string of the molecule is COc1cccc(C2CCN(C(=O)[C@H]3C[C@H]3C(=O)O)CC2)c1. The van der Waals surface area contributed by atoms with E-state index in [4.69, 9.17) is 9.84 Å². The third-order valence-corrected chi connectivity index (χ3v) is 4.80. The van der Waals surface area contributed by atoms with Crippen LogP contribution in [0.25, 0.3) is 0 Å². The number of amides is 1. The second-order valence-electron chi connectivity index (χ2n) is 6.16. The van der Waals surface area contributed by atoms with Crippen molar-refractivity contribution in [2.45, 2.75) is 25.2 Å². The fourth-order valence-corrected chi connectivity index (χ4v) is 3.30. The minimum atomic E-state index is -0.843. The van der Waals surface area contributed by atoms with Crippen molar-refractivity contribution in [1.29, 1.82) is 0 Å². The summed E-state index contributed by atoms with van der Waals surface area (Å²) in [7, 11) is 1.66. The summed E-state index contributed by atoms with van der Waals surface area (Å²) >= 11 is 0. The Labute approximate surface area is 129 Å². The van der Waals surface area contributed by atoms with Crippen LogP contribution in [0.3, 0.4) is 0 Å². The molecule has 0 unspecified atom stereocenters. The molecule has 2 atom stereocenters. The first-order valence-electron chi connectivity index (χ1n) is 7.75. The van der Waals surface area contributed by atoms with E-state index in [1.807, 2.05) is 17.0 Å². The number of carbonyl (C=O) groups excluding carboxylic acids is 1. The number of carboxylic acid groups (broad SMARTS) is 1. The molecule has 22 heavy (non-hydrogen) atoms. The van der Waals surface area contributed by atoms with E-state index < -0.39 is 11.9 Å². The van der Waals surface area contributed by atoms with Crippen molar-refractivity contribution in [1.82, 2.24) is 4.90 Å². The zero-order chi connectivity index (χ0) is 15.7. The molecular formula is C17H21NO4. The van der Waals surface area contributed by atoms with Crippen molar-refractivity contribution in [3.05, 3.63) is 29.8 Å². The lowest BCUT2D eigenvalue weighted by Gasteiger charge is -2.32. The summed E-state index contributed by atoms with van der Waals surface area (Å²) in [5, 5.41) is 8.93. The summed E-state index contributed by atoms with van der Waals surface area (Å²) < 4.78 is 5.26. The van der Waals surface area contributed by atoms with Gasteiger partial charge in [0.05, 0.1) is 18.9 Å². The maximum absolute atomic E-state index is 12.3. The van der Waals surface area contributed by atoms with Crippen LogP contribution in [0.5, 0.6) is 5.75 Å². The molecule has 0 spiro atoms. The van der Waals surface area contributed by atoms with Gasteiger partial charge in [-0.15, -0.1) is 0 Å². The lowest BCUT2D eigenvalue weighted by atomic mass is 9.89. The first kappa shape index (κ1) is 14.9. The molecule has 1 aromatic rings. The average Bonchev–Trinajstić information content (AvgIpc) is 3.35. The molecular weight excluding hydrogens is 282 g/mol. The Bertz CT molecular complexity index is 578. The average molecular weight is 303 g/mol. The molecule has 1 amide bonds. The van der Waals surface area contributed by atoms with Crippen LogP contribution in [0.4, 0.5) is 0 Å². The van der Waals surface area contributed by atoms with Gasteiger partial charge in [-0.2, -0.15) is 0 Å². The summed E-state index contributed by atoms with van der Waals surface area (Å²) in [6, 6.07) is 8.09. The quantitative estimate of drug-likeness (QED) is 0.925. The second-order valence-corrected chi connectivity index (χ2v) is 6.16. The molecule has 0 aromatic heterocycles. The third kappa shape index (κ3) is 2.93. The smallest absolute Gasteiger partial charge is 0.307 e. The molecule has 1 heterocycles. The highest BCUT2D eigenvalue weighted by Crippen LogP contribution is 2.41. The van der Waals surface area contributed by atoms with Crippen molar-refractivity contribution < 1.29 is 19.4 Å². The number of ether oxygens (including phenoxy) is 1. The molecule has 3 rings (SSSR count). The molecule has 0 radical (unpaired) electrons. The maximum atomic E-state index is 12.3. The summed E-state index contributed by atoms with van der Waals surface area (Å²) in [5.41, 5.74) is 1.25. The van der Waals surface area contributed by atoms with E-state index in [1.54, 1.807) is 7.11 Å². The predicted octanol–water partition coefficient (Wildman–Crippen LogP) is 2.12. The fourth-order valence-electron chi connectivity index (χ4n) is 3.30. The van der Waals surface area contributed by atoms with E-state index in [0.717, 1.165) is 18.6 Å². The number of rotatable bonds is 4. The summed E-state index contributed by atoms with van der Waals surface area (Å²) in [4.78, 5) is 25.0. The van der Waals surface area contributed by atoms with E-state index >= 15 is 0 Å². The van der Waals surface area contributed by atoms with Gasteiger partial charge in [-0.3, -0.25) is 9.59 Å². The monoisotopic (exact) mass is 303 g/mol. The normalized spacial score (nSPS) is 24.9. The first-order valence-corrected chi connectivity index (χ1v) is 7.75. The number of carbonyl (C=O) groups is 2. The molecule has 1 aromatic carbocycles. The summed E-state index contributed by atoms with van der Waals surface area (Å²) in [6.45, 7) is 1.42. The summed E-state index contributed by atoms with van der Waals surface area (Å²) in [6.07, 6.45) is 2.34. The van der Waals surface area contributed by atoms with Crippen molar-refractivity contribution in [3.63, 3.8) is 0 Å². The molecule has 1 aliphatic heterocycles. The van der Waals surface area contributed by atoms with E-state index in [2.05, 4.69) is 12.1 Å². The van der Waals surface area contributed by atoms with Gasteiger partial charge in [-0.1, -0.05) is 12.1 Å². The molecule has 0 bridgehead atoms. The molecule has 1 saturated carbocycles. The lowest BCUT2D eigenvalue weighted by Crippen LogP contribution is -2.39. The van der Waals surface area contributed by atoms with Gasteiger partial charge < -0.3 is 14.7 Å². The van der Waals surface area contributed by atoms with Crippen molar-refractivity contribution in [2.24, 2.45) is 11.8 Å². The Balaban J connectivity index is 1.56. The van der Waals surface area contributed by atoms with Crippen LogP contribution in [-0.2, 0) is 9.59 Å². The minimum Gasteiger partial charge on any atom is -0.497 e. The molecule has 5 nitrogen and oxygen atoms in total. The van der Waals surface area contributed by atoms with Crippen LogP contribution in [0, 0.1) is 11.8 Å². The van der Waals surface area contributed by atoms with Gasteiger partial charge in [0.25, 0.3) is 0 Å². The largest absolute Gasteiger partial charge is 0.497 e. The molecule has 1 saturated heterocycles. The summed E-state index contributed by atoms with van der Waals surface area (Å²) in [5.74, 6) is -0.262. The van der Waals surface area contributed by atoms with Gasteiger partial charge >= 0.3 is 5.97 Å². The van der Waals surface area contributed by atoms with Crippen LogP contribution in [-0.4, -0.2) is 42.1 Å². The molecule has 2 fully saturated rings. The van der Waals surface area contributed by atoms with Crippen LogP contribution < -0.4 is 4.74 Å². The van der Waals surface area contributed by atoms with Gasteiger partial charge in [-0.05, 0) is 42.9 Å². The van der Waals surface area contributed by atoms with E-state index in [-0.39, 0.29) is 11.8 Å². The molecule has 2 aliphatic rings. The van der Waals surface area contributed by atoms with E-state index in [1.165, 1.54) is 5.56 Å². The Morgan fingerprint density at radius 3 is 2.55 bits per heavy atom. The van der Waals surface area contributed by atoms with Gasteiger partial charge in [0, 0.05) is 13.1 Å². The zero-order valence-corrected chi connectivity index (χ0v) is 12.7. The lowest BCUT2D eigenvalue weighted by molar-refractivity contribution is -0.142. The zero-order valence-electron chi connectivity index (χ0n) is 12.7. The Morgan fingerprint density at radius 1 is 1.23 bits per heavy atom.